The Bertz CT molecular complexity index is 1290. The van der Waals surface area contributed by atoms with Crippen LogP contribution in [-0.4, -0.2) is 108 Å². The SMILES string of the molecule is C=C1C(/C(=C\C=C/C)CC2=C(C(C)(F)F)C=NC(NC/C=C(F)\C(=C/COC)C(=O)N[C@H](CCN(C)C)COC)N2)=C(C)CN1C. The molecule has 1 unspecified atom stereocenters. The maximum Gasteiger partial charge on any atom is 0.273 e. The molecule has 0 aliphatic carbocycles. The Morgan fingerprint density at radius 1 is 1.30 bits per heavy atom. The topological polar surface area (TPSA) is 90.5 Å². The third-order valence-corrected chi connectivity index (χ3v) is 7.47. The number of rotatable bonds is 18. The summed E-state index contributed by atoms with van der Waals surface area (Å²) in [5.41, 5.74) is 3.60. The molecule has 2 aliphatic rings. The molecule has 0 aromatic carbocycles. The van der Waals surface area contributed by atoms with Crippen molar-refractivity contribution in [1.82, 2.24) is 25.8 Å². The minimum absolute atomic E-state index is 0.0297. The van der Waals surface area contributed by atoms with Crippen LogP contribution >= 0.6 is 0 Å². The third kappa shape index (κ3) is 11.7. The van der Waals surface area contributed by atoms with Gasteiger partial charge in [0.1, 0.15) is 5.83 Å². The van der Waals surface area contributed by atoms with Crippen LogP contribution in [0.25, 0.3) is 0 Å². The van der Waals surface area contributed by atoms with Gasteiger partial charge in [-0.2, -0.15) is 0 Å². The van der Waals surface area contributed by atoms with Crippen molar-refractivity contribution in [3.63, 3.8) is 0 Å². The number of allylic oxidation sites excluding steroid dienone is 6. The zero-order valence-corrected chi connectivity index (χ0v) is 28.5. The summed E-state index contributed by atoms with van der Waals surface area (Å²) in [4.78, 5) is 21.3. The van der Waals surface area contributed by atoms with Gasteiger partial charge in [-0.05, 0) is 64.2 Å². The monoisotopic (exact) mass is 648 g/mol. The lowest BCUT2D eigenvalue weighted by Gasteiger charge is -2.28. The van der Waals surface area contributed by atoms with Crippen molar-refractivity contribution in [1.29, 1.82) is 0 Å². The lowest BCUT2D eigenvalue weighted by Crippen LogP contribution is -2.44. The number of nitrogens with one attached hydrogen (secondary N) is 3. The molecule has 0 bridgehead atoms. The van der Waals surface area contributed by atoms with Crippen LogP contribution in [0.1, 0.15) is 33.6 Å². The van der Waals surface area contributed by atoms with E-state index < -0.39 is 23.9 Å². The van der Waals surface area contributed by atoms with E-state index >= 15 is 4.39 Å². The average molecular weight is 649 g/mol. The predicted molar refractivity (Wildman–Crippen MR) is 179 cm³/mol. The Hall–Kier alpha value is -3.45. The zero-order valence-electron chi connectivity index (χ0n) is 28.5. The molecule has 0 radical (unpaired) electrons. The second-order valence-corrected chi connectivity index (χ2v) is 11.7. The summed E-state index contributed by atoms with van der Waals surface area (Å²) in [5, 5.41) is 8.94. The molecule has 2 rings (SSSR count). The standard InChI is InChI=1S/C34H51F3N6O3/c1-10-11-12-25(31-23(2)21-43(7)24(31)3)19-30-28(34(4,36)37)20-39-33(41-30)38-16-13-29(35)27(15-18-45-8)32(44)40-26(22-46-9)14-17-42(5)6/h10-13,15,20,26,33,38,41H,3,14,16-19,21-22H2,1-2,4-9H3,(H,40,44)/b11-10-,25-12-,27-15+,29-13+/t26-,33?/m1/s1. The first-order valence-corrected chi connectivity index (χ1v) is 15.3. The second kappa shape index (κ2) is 18.6. The first kappa shape index (κ1) is 38.7. The van der Waals surface area contributed by atoms with Gasteiger partial charge in [-0.3, -0.25) is 15.1 Å². The maximum atomic E-state index is 15.4. The van der Waals surface area contributed by atoms with E-state index in [1.807, 2.05) is 63.0 Å². The molecule has 256 valence electrons. The number of halogens is 3. The summed E-state index contributed by atoms with van der Waals surface area (Å²) < 4.78 is 55.1. The molecule has 9 nitrogen and oxygen atoms in total. The quantitative estimate of drug-likeness (QED) is 0.148. The average Bonchev–Trinajstić information content (AvgIpc) is 3.23. The fourth-order valence-electron chi connectivity index (χ4n) is 5.11. The van der Waals surface area contributed by atoms with Gasteiger partial charge in [-0.1, -0.05) is 24.8 Å². The molecule has 1 amide bonds. The summed E-state index contributed by atoms with van der Waals surface area (Å²) in [6, 6.07) is -0.318. The van der Waals surface area contributed by atoms with Crippen LogP contribution in [0.4, 0.5) is 13.2 Å². The van der Waals surface area contributed by atoms with Crippen LogP contribution in [0.2, 0.25) is 0 Å². The van der Waals surface area contributed by atoms with Gasteiger partial charge in [-0.25, -0.2) is 13.2 Å². The van der Waals surface area contributed by atoms with Crippen LogP contribution in [0.15, 0.2) is 87.0 Å². The van der Waals surface area contributed by atoms with Crippen LogP contribution in [-0.2, 0) is 14.3 Å². The van der Waals surface area contributed by atoms with Crippen LogP contribution in [0.3, 0.4) is 0 Å². The fraction of sp³-hybridized carbons (Fsp3) is 0.529. The van der Waals surface area contributed by atoms with Gasteiger partial charge in [0, 0.05) is 70.9 Å². The van der Waals surface area contributed by atoms with Crippen molar-refractivity contribution in [3.05, 3.63) is 82.0 Å². The Balaban J connectivity index is 2.23. The van der Waals surface area contributed by atoms with Crippen molar-refractivity contribution < 1.29 is 27.4 Å². The lowest BCUT2D eigenvalue weighted by atomic mass is 9.93. The van der Waals surface area contributed by atoms with Crippen molar-refractivity contribution in [3.8, 4) is 0 Å². The highest BCUT2D eigenvalue weighted by atomic mass is 19.3. The molecule has 2 aliphatic heterocycles. The summed E-state index contributed by atoms with van der Waals surface area (Å²) >= 11 is 0. The van der Waals surface area contributed by atoms with E-state index in [0.717, 1.165) is 35.6 Å². The van der Waals surface area contributed by atoms with Crippen LogP contribution in [0, 0.1) is 0 Å². The van der Waals surface area contributed by atoms with Gasteiger partial charge < -0.3 is 29.9 Å². The highest BCUT2D eigenvalue weighted by molar-refractivity contribution is 5.97. The summed E-state index contributed by atoms with van der Waals surface area (Å²) in [5.74, 6) is -4.50. The number of nitrogens with zero attached hydrogens (tertiary/aromatic N) is 3. The minimum Gasteiger partial charge on any atom is -0.383 e. The third-order valence-electron chi connectivity index (χ3n) is 7.47. The molecule has 2 heterocycles. The number of carbonyl (C=O) groups is 1. The molecule has 46 heavy (non-hydrogen) atoms. The normalized spacial score (nSPS) is 19.2. The Kier molecular flexibility index (Phi) is 15.7. The van der Waals surface area contributed by atoms with Gasteiger partial charge in [0.2, 0.25) is 0 Å². The van der Waals surface area contributed by atoms with E-state index in [4.69, 9.17) is 9.47 Å². The first-order chi connectivity index (χ1) is 21.7. The number of carbonyl (C=O) groups excluding carboxylic acids is 1. The lowest BCUT2D eigenvalue weighted by molar-refractivity contribution is -0.118. The fourth-order valence-corrected chi connectivity index (χ4v) is 5.11. The molecule has 0 spiro atoms. The zero-order chi connectivity index (χ0) is 34.4. The Morgan fingerprint density at radius 3 is 2.59 bits per heavy atom. The molecule has 0 saturated heterocycles. The molecule has 3 N–H and O–H groups in total. The van der Waals surface area contributed by atoms with Crippen molar-refractivity contribution in [2.24, 2.45) is 4.99 Å². The summed E-state index contributed by atoms with van der Waals surface area (Å²) in [7, 11) is 8.78. The molecular formula is C34H51F3N6O3. The number of alkyl halides is 2. The van der Waals surface area contributed by atoms with E-state index in [2.05, 4.69) is 27.5 Å². The molecular weight excluding hydrogens is 597 g/mol. The molecule has 0 aromatic rings. The minimum atomic E-state index is -3.15. The number of ether oxygens (including phenoxy) is 2. The maximum absolute atomic E-state index is 15.4. The Morgan fingerprint density at radius 2 is 2.02 bits per heavy atom. The van der Waals surface area contributed by atoms with Gasteiger partial charge in [0.25, 0.3) is 11.8 Å². The number of hydrogen-bond donors (Lipinski definition) is 3. The predicted octanol–water partition coefficient (Wildman–Crippen LogP) is 4.62. The largest absolute Gasteiger partial charge is 0.383 e. The van der Waals surface area contributed by atoms with Crippen molar-refractivity contribution >= 4 is 12.1 Å². The van der Waals surface area contributed by atoms with Gasteiger partial charge in [-0.15, -0.1) is 0 Å². The number of likely N-dealkylation sites (N-methyl/N-ethyl adjacent to an activating group) is 1. The van der Waals surface area contributed by atoms with Crippen LogP contribution < -0.4 is 16.0 Å². The highest BCUT2D eigenvalue weighted by Gasteiger charge is 2.34. The molecule has 0 fully saturated rings. The second-order valence-electron chi connectivity index (χ2n) is 11.7. The Labute approximate surface area is 272 Å². The summed E-state index contributed by atoms with van der Waals surface area (Å²) in [6.07, 6.45) is 9.38. The van der Waals surface area contributed by atoms with Gasteiger partial charge >= 0.3 is 0 Å². The van der Waals surface area contributed by atoms with E-state index in [1.54, 1.807) is 0 Å². The smallest absolute Gasteiger partial charge is 0.273 e. The molecule has 0 aromatic heterocycles. The number of aliphatic imine (C=N–C) groups is 1. The van der Waals surface area contributed by atoms with E-state index in [-0.39, 0.29) is 43.4 Å². The van der Waals surface area contributed by atoms with Gasteiger partial charge in [0.15, 0.2) is 6.29 Å². The van der Waals surface area contributed by atoms with Crippen molar-refractivity contribution in [2.75, 3.05) is 68.2 Å². The van der Waals surface area contributed by atoms with E-state index in [0.29, 0.717) is 25.2 Å². The highest BCUT2D eigenvalue weighted by Crippen LogP contribution is 2.36. The molecule has 0 saturated carbocycles. The van der Waals surface area contributed by atoms with E-state index in [9.17, 15) is 13.6 Å². The van der Waals surface area contributed by atoms with Crippen LogP contribution in [0.5, 0.6) is 0 Å². The molecule has 2 atom stereocenters. The van der Waals surface area contributed by atoms with Gasteiger partial charge in [0.05, 0.1) is 30.4 Å². The number of methoxy groups -OCH3 is 2. The number of amides is 1. The van der Waals surface area contributed by atoms with E-state index in [1.165, 1.54) is 26.4 Å². The van der Waals surface area contributed by atoms with Crippen molar-refractivity contribution in [2.45, 2.75) is 51.9 Å². The summed E-state index contributed by atoms with van der Waals surface area (Å²) in [6.45, 7) is 10.6. The molecule has 12 heteroatoms. The first-order valence-electron chi connectivity index (χ1n) is 15.3. The number of hydrogen-bond acceptors (Lipinski definition) is 8.